The van der Waals surface area contributed by atoms with Crippen molar-refractivity contribution in [3.63, 3.8) is 0 Å². The smallest absolute Gasteiger partial charge is 0.373 e. The van der Waals surface area contributed by atoms with Gasteiger partial charge in [0, 0.05) is 51.7 Å². The van der Waals surface area contributed by atoms with Crippen molar-refractivity contribution in [2.75, 3.05) is 51.1 Å². The van der Waals surface area contributed by atoms with Crippen molar-refractivity contribution in [1.29, 1.82) is 0 Å². The second-order valence-corrected chi connectivity index (χ2v) is 27.3. The third kappa shape index (κ3) is 17.3. The Bertz CT molecular complexity index is 409. The minimum atomic E-state index is -2.63. The molecule has 0 aromatic carbocycles. The third-order valence-corrected chi connectivity index (χ3v) is 20.9. The molecule has 6 nitrogen and oxygen atoms in total. The van der Waals surface area contributed by atoms with Gasteiger partial charge in [0.25, 0.3) is 0 Å². The van der Waals surface area contributed by atoms with Crippen LogP contribution in [0.15, 0.2) is 0 Å². The van der Waals surface area contributed by atoms with Crippen molar-refractivity contribution in [3.05, 3.63) is 0 Å². The fourth-order valence-electron chi connectivity index (χ4n) is 3.11. The van der Waals surface area contributed by atoms with Crippen LogP contribution in [0.25, 0.3) is 0 Å². The molecule has 0 aliphatic rings. The van der Waals surface area contributed by atoms with Crippen molar-refractivity contribution in [3.8, 4) is 0 Å². The first kappa shape index (κ1) is 36.1. The van der Waals surface area contributed by atoms with E-state index >= 15 is 0 Å². The highest BCUT2D eigenvalue weighted by molar-refractivity contribution is 8.58. The molecule has 11 heteroatoms. The SMILES string of the molecule is CCCO[Si](CCS[Si](C)(C)SCC[Si](OCCC)(OCCC)OCCC)(OCCC)OCCC. The zero-order valence-corrected chi connectivity index (χ0v) is 28.7. The summed E-state index contributed by atoms with van der Waals surface area (Å²) in [6, 6.07) is 1.76. The Morgan fingerprint density at radius 1 is 0.429 bits per heavy atom. The normalized spacial score (nSPS) is 13.0. The zero-order chi connectivity index (χ0) is 26.5. The van der Waals surface area contributed by atoms with Gasteiger partial charge < -0.3 is 26.6 Å². The Morgan fingerprint density at radius 3 is 0.857 bits per heavy atom. The molecule has 0 rings (SSSR count). The summed E-state index contributed by atoms with van der Waals surface area (Å²) < 4.78 is 37.7. The van der Waals surface area contributed by atoms with Gasteiger partial charge in [-0.05, 0) is 50.0 Å². The molecule has 0 bridgehead atoms. The van der Waals surface area contributed by atoms with Crippen molar-refractivity contribution < 1.29 is 26.6 Å². The average Bonchev–Trinajstić information content (AvgIpc) is 2.85. The molecule has 0 heterocycles. The maximum Gasteiger partial charge on any atom is 0.501 e. The summed E-state index contributed by atoms with van der Waals surface area (Å²) in [6.07, 6.45) is 4.34. The van der Waals surface area contributed by atoms with E-state index in [2.05, 4.69) is 77.1 Å². The number of hydrogen-bond donors (Lipinski definition) is 0. The molecule has 0 saturated heterocycles. The van der Waals surface area contributed by atoms with E-state index < -0.39 is 24.0 Å². The fourth-order valence-corrected chi connectivity index (χ4v) is 18.7. The molecule has 35 heavy (non-hydrogen) atoms. The summed E-state index contributed by atoms with van der Waals surface area (Å²) in [5, 5.41) is 0. The highest BCUT2D eigenvalue weighted by atomic mass is 32.6. The van der Waals surface area contributed by atoms with Crippen LogP contribution in [0, 0.1) is 0 Å². The minimum Gasteiger partial charge on any atom is -0.373 e. The monoisotopic (exact) mass is 588 g/mol. The quantitative estimate of drug-likeness (QED) is 0.0958. The largest absolute Gasteiger partial charge is 0.501 e. The van der Waals surface area contributed by atoms with E-state index in [1.807, 2.05) is 0 Å². The number of hydrogen-bond acceptors (Lipinski definition) is 8. The van der Waals surface area contributed by atoms with Gasteiger partial charge in [-0.2, -0.15) is 22.4 Å². The zero-order valence-electron chi connectivity index (χ0n) is 24.1. The molecular weight excluding hydrogens is 533 g/mol. The van der Waals surface area contributed by atoms with Crippen LogP contribution < -0.4 is 0 Å². The summed E-state index contributed by atoms with van der Waals surface area (Å²) in [7, 11) is -5.25. The van der Waals surface area contributed by atoms with Crippen molar-refractivity contribution in [1.82, 2.24) is 0 Å². The van der Waals surface area contributed by atoms with E-state index in [-0.39, 0.29) is 0 Å². The Morgan fingerprint density at radius 2 is 0.657 bits per heavy atom. The third-order valence-electron chi connectivity index (χ3n) is 4.87. The molecule has 0 unspecified atom stereocenters. The standard InChI is InChI=1S/C24H56O6S2Si3/c1-9-15-25-34(26-16-10-2,27-17-11-3)23-21-31-33(7,8)32-22-24-35(28-18-12-4,29-19-13-5)30-20-14-6/h9-24H2,1-8H3. The molecular formula is C24H56O6S2Si3. The summed E-state index contributed by atoms with van der Waals surface area (Å²) in [6.45, 7) is 22.0. The van der Waals surface area contributed by atoms with E-state index in [4.69, 9.17) is 26.6 Å². The molecule has 0 aromatic rings. The van der Waals surface area contributed by atoms with Gasteiger partial charge in [-0.15, -0.1) is 0 Å². The molecule has 0 fully saturated rings. The van der Waals surface area contributed by atoms with Gasteiger partial charge in [-0.1, -0.05) is 54.6 Å². The van der Waals surface area contributed by atoms with Gasteiger partial charge in [-0.25, -0.2) is 0 Å². The lowest BCUT2D eigenvalue weighted by atomic mass is 10.5. The Kier molecular flexibility index (Phi) is 22.7. The second kappa shape index (κ2) is 22.0. The first-order chi connectivity index (χ1) is 16.8. The summed E-state index contributed by atoms with van der Waals surface area (Å²) in [5.41, 5.74) is 0. The minimum absolute atomic E-state index is 0.708. The highest BCUT2D eigenvalue weighted by Gasteiger charge is 2.43. The van der Waals surface area contributed by atoms with Gasteiger partial charge >= 0.3 is 17.6 Å². The summed E-state index contributed by atoms with van der Waals surface area (Å²) in [4.78, 5) is 0. The number of rotatable bonds is 26. The summed E-state index contributed by atoms with van der Waals surface area (Å²) in [5.74, 6) is 2.03. The lowest BCUT2D eigenvalue weighted by Crippen LogP contribution is -2.47. The first-order valence-corrected chi connectivity index (χ1v) is 24.2. The van der Waals surface area contributed by atoms with Gasteiger partial charge in [0.1, 0.15) is 0 Å². The van der Waals surface area contributed by atoms with Gasteiger partial charge in [0.05, 0.1) is 0 Å². The van der Waals surface area contributed by atoms with E-state index in [9.17, 15) is 0 Å². The van der Waals surface area contributed by atoms with Crippen LogP contribution in [0.4, 0.5) is 0 Å². The molecule has 0 aliphatic carbocycles. The maximum atomic E-state index is 6.28. The lowest BCUT2D eigenvalue weighted by molar-refractivity contribution is 0.0601. The molecule has 0 aliphatic heterocycles. The molecule has 0 amide bonds. The predicted octanol–water partition coefficient (Wildman–Crippen LogP) is 7.59. The van der Waals surface area contributed by atoms with Gasteiger partial charge in [-0.3, -0.25) is 0 Å². The van der Waals surface area contributed by atoms with Crippen molar-refractivity contribution in [2.24, 2.45) is 0 Å². The van der Waals surface area contributed by atoms with E-state index in [1.54, 1.807) is 0 Å². The van der Waals surface area contributed by atoms with Crippen LogP contribution in [-0.2, 0) is 26.6 Å². The molecule has 0 N–H and O–H groups in total. The lowest BCUT2D eigenvalue weighted by Gasteiger charge is -2.32. The van der Waals surface area contributed by atoms with Crippen LogP contribution >= 0.6 is 22.4 Å². The molecule has 0 atom stereocenters. The van der Waals surface area contributed by atoms with Crippen molar-refractivity contribution >= 4 is 46.4 Å². The molecule has 0 radical (unpaired) electrons. The predicted molar refractivity (Wildman–Crippen MR) is 161 cm³/mol. The average molecular weight is 589 g/mol. The van der Waals surface area contributed by atoms with Crippen LogP contribution in [0.5, 0.6) is 0 Å². The van der Waals surface area contributed by atoms with E-state index in [0.717, 1.165) is 62.1 Å². The summed E-state index contributed by atoms with van der Waals surface area (Å²) >= 11 is 4.20. The Hall–Kier alpha value is 1.11. The van der Waals surface area contributed by atoms with Crippen LogP contribution in [0.1, 0.15) is 80.1 Å². The van der Waals surface area contributed by atoms with Crippen LogP contribution in [-0.4, -0.2) is 75.1 Å². The highest BCUT2D eigenvalue weighted by Crippen LogP contribution is 2.36. The second-order valence-electron chi connectivity index (χ2n) is 9.05. The molecule has 0 saturated carbocycles. The Labute approximate surface area is 228 Å². The van der Waals surface area contributed by atoms with E-state index in [1.165, 1.54) is 0 Å². The van der Waals surface area contributed by atoms with Crippen molar-refractivity contribution in [2.45, 2.75) is 105 Å². The van der Waals surface area contributed by atoms with Crippen LogP contribution in [0.3, 0.4) is 0 Å². The van der Waals surface area contributed by atoms with Gasteiger partial charge in [0.2, 0.25) is 0 Å². The first-order valence-electron chi connectivity index (χ1n) is 13.9. The topological polar surface area (TPSA) is 55.4 Å². The molecule has 212 valence electrons. The molecule has 0 aromatic heterocycles. The Balaban J connectivity index is 5.01. The van der Waals surface area contributed by atoms with Gasteiger partial charge in [0.15, 0.2) is 6.37 Å². The van der Waals surface area contributed by atoms with Crippen LogP contribution in [0.2, 0.25) is 25.2 Å². The van der Waals surface area contributed by atoms with E-state index in [0.29, 0.717) is 39.6 Å². The fraction of sp³-hybridized carbons (Fsp3) is 1.00. The maximum absolute atomic E-state index is 6.28. The molecule has 0 spiro atoms.